The van der Waals surface area contributed by atoms with Gasteiger partial charge in [0.15, 0.2) is 0 Å². The third kappa shape index (κ3) is 4.79. The molecule has 4 aromatic rings. The van der Waals surface area contributed by atoms with Crippen molar-refractivity contribution in [1.29, 1.82) is 0 Å². The number of fused-ring (bicyclic) bond motifs is 1. The van der Waals surface area contributed by atoms with Crippen molar-refractivity contribution in [2.45, 2.75) is 12.2 Å². The molecule has 4 rings (SSSR count). The van der Waals surface area contributed by atoms with Gasteiger partial charge in [0.1, 0.15) is 72.3 Å². The molecule has 7 nitrogen and oxygen atoms in total. The van der Waals surface area contributed by atoms with Crippen molar-refractivity contribution >= 4 is 99.3 Å². The molecule has 0 fully saturated rings. The fourth-order valence-electron chi connectivity index (χ4n) is 4.24. The van der Waals surface area contributed by atoms with E-state index in [-0.39, 0.29) is 11.2 Å². The van der Waals surface area contributed by atoms with E-state index in [1.807, 2.05) is 91.8 Å². The zero-order valence-electron chi connectivity index (χ0n) is 22.0. The SMILES string of the molecule is Bc1c(B)c(C(=O)Nc2cc3cc(-c4cnc(C)n4C)ncc3cn2)c(B)c(B)c1OC(B)(B)B. The summed E-state index contributed by atoms with van der Waals surface area (Å²) in [6.07, 6.45) is 5.34. The lowest BCUT2D eigenvalue weighted by atomic mass is 9.52. The highest BCUT2D eigenvalue weighted by Gasteiger charge is 2.23. The van der Waals surface area contributed by atoms with E-state index in [1.165, 1.54) is 0 Å². The van der Waals surface area contributed by atoms with Crippen LogP contribution >= 0.6 is 0 Å². The van der Waals surface area contributed by atoms with Gasteiger partial charge >= 0.3 is 0 Å². The zero-order chi connectivity index (χ0) is 25.7. The number of aromatic nitrogens is 4. The van der Waals surface area contributed by atoms with E-state index in [1.54, 1.807) is 12.4 Å². The fourth-order valence-corrected chi connectivity index (χ4v) is 4.24. The molecule has 1 aromatic carbocycles. The molecule has 1 amide bonds. The topological polar surface area (TPSA) is 81.9 Å². The lowest BCUT2D eigenvalue weighted by molar-refractivity contribution is 0.102. The van der Waals surface area contributed by atoms with Crippen LogP contribution in [0.3, 0.4) is 0 Å². The highest BCUT2D eigenvalue weighted by molar-refractivity contribution is 6.62. The van der Waals surface area contributed by atoms with E-state index in [0.717, 1.165) is 55.6 Å². The predicted molar refractivity (Wildman–Crippen MR) is 163 cm³/mol. The van der Waals surface area contributed by atoms with E-state index in [2.05, 4.69) is 20.3 Å². The highest BCUT2D eigenvalue weighted by atomic mass is 16.5. The number of hydrogen-bond acceptors (Lipinski definition) is 5. The summed E-state index contributed by atoms with van der Waals surface area (Å²) in [5.74, 6) is 2.07. The van der Waals surface area contributed by atoms with E-state index in [0.29, 0.717) is 11.4 Å². The first-order valence-electron chi connectivity index (χ1n) is 11.7. The predicted octanol–water partition coefficient (Wildman–Crippen LogP) is -6.49. The number of pyridine rings is 2. The minimum Gasteiger partial charge on any atom is -0.515 e. The third-order valence-electron chi connectivity index (χ3n) is 6.52. The molecule has 0 aliphatic carbocycles. The second kappa shape index (κ2) is 9.06. The molecule has 168 valence electrons. The Bertz CT molecular complexity index is 1450. The van der Waals surface area contributed by atoms with Crippen LogP contribution in [-0.2, 0) is 7.05 Å². The molecule has 3 aromatic heterocycles. The molecule has 0 spiro atoms. The van der Waals surface area contributed by atoms with Crippen LogP contribution in [0.2, 0.25) is 0 Å². The molecule has 14 heteroatoms. The number of ether oxygens (including phenoxy) is 1. The fraction of sp³-hybridized carbons (Fsp3) is 0.143. The molecule has 0 unspecified atom stereocenters. The summed E-state index contributed by atoms with van der Waals surface area (Å²) in [5.41, 5.74) is 6.16. The maximum absolute atomic E-state index is 13.4. The van der Waals surface area contributed by atoms with Gasteiger partial charge in [0, 0.05) is 35.7 Å². The van der Waals surface area contributed by atoms with Crippen molar-refractivity contribution in [3.8, 4) is 17.1 Å². The summed E-state index contributed by atoms with van der Waals surface area (Å²) >= 11 is 0. The Morgan fingerprint density at radius 3 is 2.11 bits per heavy atom. The van der Waals surface area contributed by atoms with Crippen LogP contribution < -0.4 is 31.9 Å². The van der Waals surface area contributed by atoms with Crippen LogP contribution in [-0.4, -0.2) is 85.6 Å². The number of hydrogen-bond donors (Lipinski definition) is 1. The number of benzene rings is 1. The van der Waals surface area contributed by atoms with E-state index < -0.39 is 0 Å². The monoisotopic (exact) mass is 457 g/mol. The lowest BCUT2D eigenvalue weighted by Gasteiger charge is -2.28. The first-order chi connectivity index (χ1) is 16.4. The van der Waals surface area contributed by atoms with Gasteiger partial charge in [0.25, 0.3) is 5.91 Å². The minimum atomic E-state index is -0.324. The van der Waals surface area contributed by atoms with Gasteiger partial charge in [0.05, 0.1) is 17.6 Å². The smallest absolute Gasteiger partial charge is 0.255 e. The van der Waals surface area contributed by atoms with Crippen molar-refractivity contribution in [2.24, 2.45) is 7.05 Å². The maximum atomic E-state index is 13.4. The van der Waals surface area contributed by atoms with Crippen molar-refractivity contribution in [2.75, 3.05) is 5.32 Å². The van der Waals surface area contributed by atoms with Crippen molar-refractivity contribution < 1.29 is 9.53 Å². The van der Waals surface area contributed by atoms with Gasteiger partial charge in [-0.15, -0.1) is 0 Å². The molecule has 0 aliphatic rings. The summed E-state index contributed by atoms with van der Waals surface area (Å²) in [6, 6.07) is 3.87. The number of carbonyl (C=O) groups is 1. The average molecular weight is 456 g/mol. The van der Waals surface area contributed by atoms with Gasteiger partial charge < -0.3 is 14.6 Å². The van der Waals surface area contributed by atoms with Crippen LogP contribution in [0.25, 0.3) is 22.2 Å². The van der Waals surface area contributed by atoms with Gasteiger partial charge in [0.2, 0.25) is 0 Å². The summed E-state index contributed by atoms with van der Waals surface area (Å²) in [7, 11) is 16.0. The lowest BCUT2D eigenvalue weighted by Crippen LogP contribution is -2.51. The number of carbonyl (C=O) groups excluding carboxylic acids is 1. The molecular formula is C21H26B7N5O2. The van der Waals surface area contributed by atoms with Gasteiger partial charge in [-0.3, -0.25) is 9.78 Å². The summed E-state index contributed by atoms with van der Waals surface area (Å²) < 4.78 is 8.23. The van der Waals surface area contributed by atoms with Gasteiger partial charge in [-0.2, -0.15) is 0 Å². The number of imidazole rings is 1. The molecule has 3 heterocycles. The second-order valence-corrected chi connectivity index (χ2v) is 10.1. The Balaban J connectivity index is 1.69. The second-order valence-electron chi connectivity index (χ2n) is 10.1. The Labute approximate surface area is 212 Å². The first-order valence-corrected chi connectivity index (χ1v) is 11.7. The Morgan fingerprint density at radius 1 is 0.914 bits per heavy atom. The van der Waals surface area contributed by atoms with E-state index in [4.69, 9.17) is 4.74 Å². The molecular weight excluding hydrogens is 430 g/mol. The maximum Gasteiger partial charge on any atom is 0.255 e. The number of amides is 1. The Hall–Kier alpha value is -3.29. The van der Waals surface area contributed by atoms with Crippen LogP contribution in [0.15, 0.2) is 30.7 Å². The Morgan fingerprint density at radius 2 is 1.54 bits per heavy atom. The molecule has 0 saturated carbocycles. The largest absolute Gasteiger partial charge is 0.515 e. The molecule has 0 atom stereocenters. The molecule has 1 N–H and O–H groups in total. The molecule has 35 heavy (non-hydrogen) atoms. The average Bonchev–Trinajstić information content (AvgIpc) is 3.12. The summed E-state index contributed by atoms with van der Waals surface area (Å²) in [6.45, 7) is 1.96. The van der Waals surface area contributed by atoms with Crippen LogP contribution in [0, 0.1) is 6.92 Å². The molecule has 0 bridgehead atoms. The summed E-state index contributed by atoms with van der Waals surface area (Å²) in [4.78, 5) is 26.8. The standard InChI is InChI=1S/C21H26B7N5O2/c1-8-29-7-12(33(8)2)11-3-9-4-13(31-6-10(9)5-30-11)32-20(34)14-15(22)17(24)19(18(25)16(14)23)35-21(26,27)28/h3-7H,22-28H2,1-2H3,(H,31,32,34). The number of anilines is 1. The molecule has 0 aliphatic heterocycles. The first kappa shape index (κ1) is 24.8. The number of rotatable bonds is 5. The van der Waals surface area contributed by atoms with Gasteiger partial charge in [-0.25, -0.2) is 9.97 Å². The molecule has 0 saturated heterocycles. The number of nitrogens with zero attached hydrogens (tertiary/aromatic N) is 4. The zero-order valence-corrected chi connectivity index (χ0v) is 22.0. The quantitative estimate of drug-likeness (QED) is 0.303. The van der Waals surface area contributed by atoms with E-state index in [9.17, 15) is 4.79 Å². The van der Waals surface area contributed by atoms with Crippen molar-refractivity contribution in [3.63, 3.8) is 0 Å². The molecule has 0 radical (unpaired) electrons. The van der Waals surface area contributed by atoms with Gasteiger partial charge in [-0.1, -0.05) is 21.9 Å². The van der Waals surface area contributed by atoms with Crippen LogP contribution in [0.1, 0.15) is 16.2 Å². The summed E-state index contributed by atoms with van der Waals surface area (Å²) in [5, 5.41) is 4.51. The van der Waals surface area contributed by atoms with Crippen LogP contribution in [0.5, 0.6) is 5.75 Å². The number of nitrogens with one attached hydrogen (secondary N) is 1. The normalized spacial score (nSPS) is 11.5. The van der Waals surface area contributed by atoms with Gasteiger partial charge in [-0.05, 0) is 24.4 Å². The number of aryl methyl sites for hydroxylation is 1. The van der Waals surface area contributed by atoms with Crippen molar-refractivity contribution in [3.05, 3.63) is 42.1 Å². The Kier molecular flexibility index (Phi) is 6.43. The minimum absolute atomic E-state index is 0.183. The van der Waals surface area contributed by atoms with Crippen LogP contribution in [0.4, 0.5) is 5.82 Å². The van der Waals surface area contributed by atoms with Crippen molar-refractivity contribution in [1.82, 2.24) is 19.5 Å². The highest BCUT2D eigenvalue weighted by Crippen LogP contribution is 2.23. The third-order valence-corrected chi connectivity index (χ3v) is 6.52. The van der Waals surface area contributed by atoms with E-state index >= 15 is 0 Å².